The van der Waals surface area contributed by atoms with Crippen LogP contribution in [0.25, 0.3) is 0 Å². The molecule has 7 heteroatoms. The Balaban J connectivity index is 2.35. The number of alkyl carbamates (subject to hydrolysis) is 1. The van der Waals surface area contributed by atoms with Crippen molar-refractivity contribution in [2.45, 2.75) is 19.1 Å². The Hall–Kier alpha value is -1.66. The molecule has 0 spiro atoms. The third kappa shape index (κ3) is 4.24. The van der Waals surface area contributed by atoms with Crippen molar-refractivity contribution in [1.29, 1.82) is 0 Å². The van der Waals surface area contributed by atoms with Crippen LogP contribution in [0, 0.1) is 0 Å². The van der Waals surface area contributed by atoms with E-state index < -0.39 is 24.9 Å². The maximum atomic E-state index is 11.7. The van der Waals surface area contributed by atoms with Crippen LogP contribution < -0.4 is 5.32 Å². The van der Waals surface area contributed by atoms with E-state index in [0.29, 0.717) is 5.76 Å². The number of carbonyl (C=O) groups is 1. The van der Waals surface area contributed by atoms with Gasteiger partial charge in [-0.15, -0.1) is 0 Å². The van der Waals surface area contributed by atoms with Gasteiger partial charge in [-0.05, 0) is 19.1 Å². The molecule has 0 saturated carbocycles. The molecule has 16 heavy (non-hydrogen) atoms. The predicted molar refractivity (Wildman–Crippen MR) is 47.7 cm³/mol. The van der Waals surface area contributed by atoms with Crippen LogP contribution in [0.3, 0.4) is 0 Å². The number of amides is 1. The van der Waals surface area contributed by atoms with Crippen molar-refractivity contribution in [1.82, 2.24) is 5.32 Å². The zero-order chi connectivity index (χ0) is 12.2. The van der Waals surface area contributed by atoms with Gasteiger partial charge in [0.2, 0.25) is 0 Å². The Labute approximate surface area is 89.4 Å². The van der Waals surface area contributed by atoms with Crippen LogP contribution in [-0.2, 0) is 4.74 Å². The second-order valence-corrected chi connectivity index (χ2v) is 3.07. The largest absolute Gasteiger partial charge is 0.467 e. The molecule has 1 heterocycles. The number of hydrogen-bond acceptors (Lipinski definition) is 3. The van der Waals surface area contributed by atoms with Crippen molar-refractivity contribution in [3.8, 4) is 0 Å². The molecule has 0 aromatic carbocycles. The number of furan rings is 1. The van der Waals surface area contributed by atoms with Crippen molar-refractivity contribution >= 4 is 6.09 Å². The van der Waals surface area contributed by atoms with Gasteiger partial charge in [-0.25, -0.2) is 4.79 Å². The predicted octanol–water partition coefficient (Wildman–Crippen LogP) is 2.63. The van der Waals surface area contributed by atoms with Crippen LogP contribution >= 0.6 is 0 Å². The highest BCUT2D eigenvalue weighted by Gasteiger charge is 2.29. The molecular formula is C9H10F3NO3. The minimum absolute atomic E-state index is 0.434. The number of hydrogen-bond donors (Lipinski definition) is 1. The van der Waals surface area contributed by atoms with Gasteiger partial charge in [0.25, 0.3) is 0 Å². The van der Waals surface area contributed by atoms with Crippen LogP contribution in [0.1, 0.15) is 18.7 Å². The summed E-state index contributed by atoms with van der Waals surface area (Å²) in [5.74, 6) is 0.434. The van der Waals surface area contributed by atoms with Crippen LogP contribution in [0.15, 0.2) is 22.8 Å². The van der Waals surface area contributed by atoms with E-state index >= 15 is 0 Å². The second-order valence-electron chi connectivity index (χ2n) is 3.07. The van der Waals surface area contributed by atoms with E-state index in [4.69, 9.17) is 4.42 Å². The average Bonchev–Trinajstić information content (AvgIpc) is 2.66. The molecule has 0 aliphatic carbocycles. The molecular weight excluding hydrogens is 227 g/mol. The van der Waals surface area contributed by atoms with Crippen LogP contribution in [-0.4, -0.2) is 18.9 Å². The molecule has 0 aliphatic rings. The Bertz CT molecular complexity index is 334. The highest BCUT2D eigenvalue weighted by molar-refractivity contribution is 5.67. The number of nitrogens with one attached hydrogen (secondary N) is 1. The Morgan fingerprint density at radius 1 is 1.62 bits per heavy atom. The van der Waals surface area contributed by atoms with Gasteiger partial charge in [-0.1, -0.05) is 0 Å². The van der Waals surface area contributed by atoms with Gasteiger partial charge >= 0.3 is 12.3 Å². The molecule has 90 valence electrons. The maximum absolute atomic E-state index is 11.7. The van der Waals surface area contributed by atoms with E-state index in [1.165, 1.54) is 6.26 Å². The summed E-state index contributed by atoms with van der Waals surface area (Å²) in [4.78, 5) is 10.9. The fourth-order valence-corrected chi connectivity index (χ4v) is 0.975. The Morgan fingerprint density at radius 3 is 2.81 bits per heavy atom. The lowest BCUT2D eigenvalue weighted by Gasteiger charge is -2.12. The molecule has 0 saturated heterocycles. The summed E-state index contributed by atoms with van der Waals surface area (Å²) >= 11 is 0. The monoisotopic (exact) mass is 237 g/mol. The summed E-state index contributed by atoms with van der Waals surface area (Å²) in [6, 6.07) is 2.65. The molecule has 0 fully saturated rings. The zero-order valence-electron chi connectivity index (χ0n) is 8.38. The van der Waals surface area contributed by atoms with Crippen LogP contribution in [0.5, 0.6) is 0 Å². The van der Waals surface area contributed by atoms with Gasteiger partial charge in [-0.2, -0.15) is 13.2 Å². The fraction of sp³-hybridized carbons (Fsp3) is 0.444. The topological polar surface area (TPSA) is 51.5 Å². The van der Waals surface area contributed by atoms with Crippen molar-refractivity contribution in [3.05, 3.63) is 24.2 Å². The summed E-state index contributed by atoms with van der Waals surface area (Å²) < 4.78 is 44.0. The molecule has 0 radical (unpaired) electrons. The van der Waals surface area contributed by atoms with E-state index in [9.17, 15) is 18.0 Å². The minimum Gasteiger partial charge on any atom is -0.467 e. The molecule has 1 atom stereocenters. The molecule has 0 bridgehead atoms. The van der Waals surface area contributed by atoms with E-state index in [1.54, 1.807) is 19.1 Å². The van der Waals surface area contributed by atoms with Gasteiger partial charge in [0, 0.05) is 0 Å². The first-order chi connectivity index (χ1) is 7.38. The zero-order valence-corrected chi connectivity index (χ0v) is 8.38. The average molecular weight is 237 g/mol. The van der Waals surface area contributed by atoms with Gasteiger partial charge in [0.15, 0.2) is 6.61 Å². The van der Waals surface area contributed by atoms with Crippen molar-refractivity contribution < 1.29 is 27.1 Å². The maximum Gasteiger partial charge on any atom is 0.422 e. The first-order valence-corrected chi connectivity index (χ1v) is 4.42. The summed E-state index contributed by atoms with van der Waals surface area (Å²) in [5, 5.41) is 2.20. The fourth-order valence-electron chi connectivity index (χ4n) is 0.975. The summed E-state index contributed by atoms with van der Waals surface area (Å²) in [5.41, 5.74) is 0. The van der Waals surface area contributed by atoms with Crippen LogP contribution in [0.4, 0.5) is 18.0 Å². The third-order valence-electron chi connectivity index (χ3n) is 1.67. The van der Waals surface area contributed by atoms with Gasteiger partial charge in [-0.3, -0.25) is 0 Å². The number of ether oxygens (including phenoxy) is 1. The first kappa shape index (κ1) is 12.4. The lowest BCUT2D eigenvalue weighted by Crippen LogP contribution is -2.30. The van der Waals surface area contributed by atoms with Crippen molar-refractivity contribution in [3.63, 3.8) is 0 Å². The lowest BCUT2D eigenvalue weighted by molar-refractivity contribution is -0.160. The van der Waals surface area contributed by atoms with Gasteiger partial charge in [0.05, 0.1) is 12.3 Å². The highest BCUT2D eigenvalue weighted by Crippen LogP contribution is 2.15. The molecule has 1 N–H and O–H groups in total. The first-order valence-electron chi connectivity index (χ1n) is 4.42. The normalized spacial score (nSPS) is 13.2. The summed E-state index contributed by atoms with van der Waals surface area (Å²) in [6.45, 7) is -0.0443. The second kappa shape index (κ2) is 4.91. The van der Waals surface area contributed by atoms with Gasteiger partial charge in [0.1, 0.15) is 5.76 Å². The molecule has 0 aliphatic heterocycles. The molecule has 1 aromatic heterocycles. The number of carbonyl (C=O) groups excluding carboxylic acids is 1. The third-order valence-corrected chi connectivity index (χ3v) is 1.67. The lowest BCUT2D eigenvalue weighted by atomic mass is 10.3. The Morgan fingerprint density at radius 2 is 2.31 bits per heavy atom. The van der Waals surface area contributed by atoms with Crippen LogP contribution in [0.2, 0.25) is 0 Å². The minimum atomic E-state index is -4.52. The highest BCUT2D eigenvalue weighted by atomic mass is 19.4. The standard InChI is InChI=1S/C9H10F3NO3/c1-6(7-3-2-4-15-7)13-8(14)16-5-9(10,11)12/h2-4,6H,5H2,1H3,(H,13,14)/t6-/m0/s1. The number of alkyl halides is 3. The quantitative estimate of drug-likeness (QED) is 0.879. The molecule has 1 amide bonds. The van der Waals surface area contributed by atoms with E-state index in [2.05, 4.69) is 10.1 Å². The van der Waals surface area contributed by atoms with Crippen molar-refractivity contribution in [2.75, 3.05) is 6.61 Å². The number of halogens is 3. The van der Waals surface area contributed by atoms with Gasteiger partial charge < -0.3 is 14.5 Å². The molecule has 0 unspecified atom stereocenters. The Kier molecular flexibility index (Phi) is 3.81. The number of rotatable bonds is 3. The molecule has 1 aromatic rings. The summed E-state index contributed by atoms with van der Waals surface area (Å²) in [6.07, 6.45) is -4.26. The molecule has 1 rings (SSSR count). The SMILES string of the molecule is C[C@H](NC(=O)OCC(F)(F)F)c1ccco1. The van der Waals surface area contributed by atoms with E-state index in [-0.39, 0.29) is 0 Å². The smallest absolute Gasteiger partial charge is 0.422 e. The summed E-state index contributed by atoms with van der Waals surface area (Å²) in [7, 11) is 0. The van der Waals surface area contributed by atoms with E-state index in [1.807, 2.05) is 0 Å². The molecule has 4 nitrogen and oxygen atoms in total. The van der Waals surface area contributed by atoms with Crippen molar-refractivity contribution in [2.24, 2.45) is 0 Å². The van der Waals surface area contributed by atoms with E-state index in [0.717, 1.165) is 0 Å².